The Bertz CT molecular complexity index is 447. The van der Waals surface area contributed by atoms with Gasteiger partial charge >= 0.3 is 0 Å². The molecule has 13 heavy (non-hydrogen) atoms. The Kier molecular flexibility index (Phi) is 2.00. The molecule has 2 rings (SSSR count). The van der Waals surface area contributed by atoms with E-state index < -0.39 is 0 Å². The third-order valence-electron chi connectivity index (χ3n) is 1.95. The number of hydrogen-bond donors (Lipinski definition) is 0. The normalized spacial score (nSPS) is 11.0. The maximum atomic E-state index is 4.43. The lowest BCUT2D eigenvalue weighted by Gasteiger charge is -2.02. The Morgan fingerprint density at radius 1 is 1.38 bits per heavy atom. The maximum Gasteiger partial charge on any atom is 0.159 e. The van der Waals surface area contributed by atoms with Crippen molar-refractivity contribution in [1.29, 1.82) is 0 Å². The summed E-state index contributed by atoms with van der Waals surface area (Å²) < 4.78 is 1.88. The smallest absolute Gasteiger partial charge is 0.159 e. The molecule has 0 aliphatic rings. The highest BCUT2D eigenvalue weighted by Crippen LogP contribution is 2.18. The SMILES string of the molecule is CSc1cc(C)nc2c(C)cnn12. The predicted molar refractivity (Wildman–Crippen MR) is 54.2 cm³/mol. The summed E-state index contributed by atoms with van der Waals surface area (Å²) in [4.78, 5) is 4.43. The zero-order valence-electron chi connectivity index (χ0n) is 7.90. The van der Waals surface area contributed by atoms with Gasteiger partial charge in [-0.2, -0.15) is 5.10 Å². The average Bonchev–Trinajstić information content (AvgIpc) is 2.47. The van der Waals surface area contributed by atoms with E-state index in [0.717, 1.165) is 21.9 Å². The standard InChI is InChI=1S/C9H11N3S/c1-6-5-10-12-8(13-3)4-7(2)11-9(6)12/h4-5H,1-3H3. The van der Waals surface area contributed by atoms with Gasteiger partial charge in [-0.25, -0.2) is 9.50 Å². The third kappa shape index (κ3) is 1.31. The van der Waals surface area contributed by atoms with Crippen molar-refractivity contribution in [2.45, 2.75) is 18.9 Å². The first kappa shape index (κ1) is 8.56. The number of thioether (sulfide) groups is 1. The van der Waals surface area contributed by atoms with Gasteiger partial charge < -0.3 is 0 Å². The van der Waals surface area contributed by atoms with Crippen LogP contribution in [0.3, 0.4) is 0 Å². The fourth-order valence-corrected chi connectivity index (χ4v) is 1.90. The fourth-order valence-electron chi connectivity index (χ4n) is 1.31. The van der Waals surface area contributed by atoms with Crippen LogP contribution in [0.15, 0.2) is 17.3 Å². The molecule has 0 spiro atoms. The summed E-state index contributed by atoms with van der Waals surface area (Å²) >= 11 is 1.69. The second-order valence-electron chi connectivity index (χ2n) is 3.00. The molecule has 4 heteroatoms. The van der Waals surface area contributed by atoms with Crippen LogP contribution in [0.5, 0.6) is 0 Å². The summed E-state index contributed by atoms with van der Waals surface area (Å²) in [5, 5.41) is 5.40. The zero-order valence-corrected chi connectivity index (χ0v) is 8.72. The summed E-state index contributed by atoms with van der Waals surface area (Å²) in [7, 11) is 0. The lowest BCUT2D eigenvalue weighted by atomic mass is 10.4. The number of fused-ring (bicyclic) bond motifs is 1. The van der Waals surface area contributed by atoms with Crippen molar-refractivity contribution in [3.05, 3.63) is 23.5 Å². The van der Waals surface area contributed by atoms with Gasteiger partial charge in [0.15, 0.2) is 5.65 Å². The van der Waals surface area contributed by atoms with Crippen LogP contribution in [-0.2, 0) is 0 Å². The molecule has 0 radical (unpaired) electrons. The van der Waals surface area contributed by atoms with Crippen molar-refractivity contribution < 1.29 is 0 Å². The molecule has 2 heterocycles. The van der Waals surface area contributed by atoms with Crippen molar-refractivity contribution in [3.8, 4) is 0 Å². The first-order chi connectivity index (χ1) is 6.22. The molecule has 0 fully saturated rings. The lowest BCUT2D eigenvalue weighted by molar-refractivity contribution is 0.835. The minimum Gasteiger partial charge on any atom is -0.234 e. The van der Waals surface area contributed by atoms with Gasteiger partial charge in [-0.1, -0.05) is 0 Å². The van der Waals surface area contributed by atoms with Crippen LogP contribution in [0.25, 0.3) is 5.65 Å². The van der Waals surface area contributed by atoms with Crippen LogP contribution in [0.2, 0.25) is 0 Å². The largest absolute Gasteiger partial charge is 0.234 e. The van der Waals surface area contributed by atoms with Crippen LogP contribution >= 0.6 is 11.8 Å². The molecule has 0 unspecified atom stereocenters. The molecular weight excluding hydrogens is 182 g/mol. The molecule has 0 aromatic carbocycles. The monoisotopic (exact) mass is 193 g/mol. The van der Waals surface area contributed by atoms with E-state index in [2.05, 4.69) is 10.1 Å². The number of aryl methyl sites for hydroxylation is 2. The molecule has 2 aromatic heterocycles. The van der Waals surface area contributed by atoms with E-state index in [-0.39, 0.29) is 0 Å². The Morgan fingerprint density at radius 3 is 2.85 bits per heavy atom. The van der Waals surface area contributed by atoms with Crippen molar-refractivity contribution in [1.82, 2.24) is 14.6 Å². The van der Waals surface area contributed by atoms with E-state index in [1.807, 2.05) is 36.9 Å². The Morgan fingerprint density at radius 2 is 2.15 bits per heavy atom. The summed E-state index contributed by atoms with van der Waals surface area (Å²) in [6.07, 6.45) is 3.90. The Balaban J connectivity index is 2.84. The highest BCUT2D eigenvalue weighted by atomic mass is 32.2. The summed E-state index contributed by atoms with van der Waals surface area (Å²) in [5.74, 6) is 0. The van der Waals surface area contributed by atoms with Crippen LogP contribution < -0.4 is 0 Å². The second-order valence-corrected chi connectivity index (χ2v) is 3.83. The van der Waals surface area contributed by atoms with Crippen molar-refractivity contribution >= 4 is 17.4 Å². The van der Waals surface area contributed by atoms with Crippen molar-refractivity contribution in [3.63, 3.8) is 0 Å². The number of nitrogens with zero attached hydrogens (tertiary/aromatic N) is 3. The molecular formula is C9H11N3S. The maximum absolute atomic E-state index is 4.43. The van der Waals surface area contributed by atoms with E-state index in [4.69, 9.17) is 0 Å². The molecule has 0 atom stereocenters. The van der Waals surface area contributed by atoms with Crippen LogP contribution in [0.1, 0.15) is 11.3 Å². The molecule has 0 saturated heterocycles. The lowest BCUT2D eigenvalue weighted by Crippen LogP contribution is -1.96. The topological polar surface area (TPSA) is 30.2 Å². The van der Waals surface area contributed by atoms with Gasteiger partial charge in [0, 0.05) is 11.3 Å². The molecule has 2 aromatic rings. The molecule has 0 saturated carbocycles. The van der Waals surface area contributed by atoms with E-state index in [1.54, 1.807) is 11.8 Å². The van der Waals surface area contributed by atoms with E-state index in [0.29, 0.717) is 0 Å². The first-order valence-electron chi connectivity index (χ1n) is 4.08. The quantitative estimate of drug-likeness (QED) is 0.513. The predicted octanol–water partition coefficient (Wildman–Crippen LogP) is 2.07. The molecule has 3 nitrogen and oxygen atoms in total. The van der Waals surface area contributed by atoms with Crippen molar-refractivity contribution in [2.24, 2.45) is 0 Å². The number of rotatable bonds is 1. The minimum absolute atomic E-state index is 0.962. The fraction of sp³-hybridized carbons (Fsp3) is 0.333. The summed E-state index contributed by atoms with van der Waals surface area (Å²) in [5.41, 5.74) is 3.13. The second kappa shape index (κ2) is 3.03. The van der Waals surface area contributed by atoms with Gasteiger partial charge in [-0.05, 0) is 26.2 Å². The zero-order chi connectivity index (χ0) is 9.42. The van der Waals surface area contributed by atoms with Crippen LogP contribution in [0, 0.1) is 13.8 Å². The van der Waals surface area contributed by atoms with Crippen LogP contribution in [-0.4, -0.2) is 20.9 Å². The van der Waals surface area contributed by atoms with Gasteiger partial charge in [-0.15, -0.1) is 11.8 Å². The molecule has 0 aliphatic carbocycles. The molecule has 0 N–H and O–H groups in total. The summed E-state index contributed by atoms with van der Waals surface area (Å²) in [6, 6.07) is 2.05. The highest BCUT2D eigenvalue weighted by molar-refractivity contribution is 7.98. The van der Waals surface area contributed by atoms with Gasteiger partial charge in [0.05, 0.1) is 6.20 Å². The Labute approximate surface area is 81.2 Å². The molecule has 0 bridgehead atoms. The van der Waals surface area contributed by atoms with Gasteiger partial charge in [0.25, 0.3) is 0 Å². The minimum atomic E-state index is 0.962. The summed E-state index contributed by atoms with van der Waals surface area (Å²) in [6.45, 7) is 4.03. The van der Waals surface area contributed by atoms with E-state index >= 15 is 0 Å². The van der Waals surface area contributed by atoms with Gasteiger partial charge in [0.1, 0.15) is 5.03 Å². The van der Waals surface area contributed by atoms with E-state index in [9.17, 15) is 0 Å². The molecule has 0 aliphatic heterocycles. The average molecular weight is 193 g/mol. The highest BCUT2D eigenvalue weighted by Gasteiger charge is 2.05. The Hall–Kier alpha value is -1.03. The molecule has 0 amide bonds. The first-order valence-corrected chi connectivity index (χ1v) is 5.31. The molecule has 68 valence electrons. The van der Waals surface area contributed by atoms with E-state index in [1.165, 1.54) is 0 Å². The van der Waals surface area contributed by atoms with Crippen molar-refractivity contribution in [2.75, 3.05) is 6.26 Å². The van der Waals surface area contributed by atoms with Gasteiger partial charge in [-0.3, -0.25) is 0 Å². The van der Waals surface area contributed by atoms with Gasteiger partial charge in [0.2, 0.25) is 0 Å². The number of hydrogen-bond acceptors (Lipinski definition) is 3. The number of aromatic nitrogens is 3. The van der Waals surface area contributed by atoms with Crippen LogP contribution in [0.4, 0.5) is 0 Å². The third-order valence-corrected chi connectivity index (χ3v) is 2.66.